The van der Waals surface area contributed by atoms with Gasteiger partial charge in [-0.15, -0.1) is 13.2 Å². The minimum Gasteiger partial charge on any atom is -0.458 e. The van der Waals surface area contributed by atoms with E-state index < -0.39 is 0 Å². The van der Waals surface area contributed by atoms with Crippen molar-refractivity contribution in [3.05, 3.63) is 50.1 Å². The topological polar surface area (TPSA) is 29.5 Å². The maximum atomic E-state index is 11.1. The molecule has 0 spiro atoms. The third-order valence-electron chi connectivity index (χ3n) is 1.74. The number of carbonyl (C=O) groups excluding carboxylic acids is 1. The highest BCUT2D eigenvalue weighted by molar-refractivity contribution is 5.81. The first-order valence-corrected chi connectivity index (χ1v) is 5.13. The zero-order chi connectivity index (χ0) is 12.2. The van der Waals surface area contributed by atoms with Crippen LogP contribution in [0.15, 0.2) is 50.1 Å². The Morgan fingerprint density at radius 1 is 1.06 bits per heavy atom. The third-order valence-corrected chi connectivity index (χ3v) is 1.74. The van der Waals surface area contributed by atoms with E-state index in [2.05, 4.69) is 24.6 Å². The Morgan fingerprint density at radius 3 is 2.19 bits per heavy atom. The normalized spacial score (nSPS) is 10.3. The Balaban J connectivity index is 3.92. The van der Waals surface area contributed by atoms with Gasteiger partial charge in [0.25, 0.3) is 0 Å². The fraction of sp³-hybridized carbons (Fsp3) is 0.308. The second kappa shape index (κ2) is 9.93. The highest BCUT2D eigenvalue weighted by atomic mass is 16.5. The molecule has 0 aliphatic carbocycles. The summed E-state index contributed by atoms with van der Waals surface area (Å²) in [5.41, 5.74) is 0. The summed E-state index contributed by atoms with van der Waals surface area (Å²) in [5.74, 6) is -0.350. The molecule has 0 radical (unpaired) electrons. The molecular weight excluding hydrogens is 202 g/mol. The summed E-state index contributed by atoms with van der Waals surface area (Å²) >= 11 is 0. The molecule has 0 aromatic rings. The van der Waals surface area contributed by atoms with Gasteiger partial charge in [0.15, 0.2) is 0 Å². The van der Waals surface area contributed by atoms with Crippen LogP contribution in [0.4, 0.5) is 0 Å². The van der Waals surface area contributed by atoms with E-state index in [4.69, 9.17) is 4.74 Å². The van der Waals surface area contributed by atoms with Crippen LogP contribution in [0.25, 0.3) is 0 Å². The lowest BCUT2D eigenvalue weighted by Crippen LogP contribution is -2.24. The molecule has 0 aromatic carbocycles. The van der Waals surface area contributed by atoms with Crippen molar-refractivity contribution in [3.8, 4) is 0 Å². The number of ether oxygens (including phenoxy) is 1. The number of rotatable bonds is 9. The molecule has 0 fully saturated rings. The Bertz CT molecular complexity index is 259. The standard InChI is InChI=1S/C13H19NO2/c1-4-9-14(10-5-2)11-7-8-13(15)16-12-6-3/h4-8H,1-3,9-12H2/b8-7+. The largest absolute Gasteiger partial charge is 0.458 e. The van der Waals surface area contributed by atoms with Crippen LogP contribution in [-0.4, -0.2) is 37.1 Å². The van der Waals surface area contributed by atoms with Gasteiger partial charge >= 0.3 is 5.97 Å². The lowest BCUT2D eigenvalue weighted by molar-refractivity contribution is -0.136. The van der Waals surface area contributed by atoms with Gasteiger partial charge in [-0.05, 0) is 0 Å². The molecule has 3 heteroatoms. The predicted molar refractivity (Wildman–Crippen MR) is 67.1 cm³/mol. The number of carbonyl (C=O) groups is 1. The first kappa shape index (κ1) is 14.4. The van der Waals surface area contributed by atoms with E-state index in [0.717, 1.165) is 13.1 Å². The Kier molecular flexibility index (Phi) is 8.93. The molecule has 0 aromatic heterocycles. The minimum atomic E-state index is -0.350. The van der Waals surface area contributed by atoms with E-state index >= 15 is 0 Å². The quantitative estimate of drug-likeness (QED) is 0.338. The van der Waals surface area contributed by atoms with Crippen molar-refractivity contribution < 1.29 is 9.53 Å². The lowest BCUT2D eigenvalue weighted by Gasteiger charge is -2.15. The first-order chi connectivity index (χ1) is 7.74. The van der Waals surface area contributed by atoms with Crippen molar-refractivity contribution in [1.29, 1.82) is 0 Å². The molecule has 0 N–H and O–H groups in total. The Labute approximate surface area is 97.4 Å². The molecule has 0 saturated carbocycles. The number of hydrogen-bond donors (Lipinski definition) is 0. The molecule has 3 nitrogen and oxygen atoms in total. The monoisotopic (exact) mass is 221 g/mol. The lowest BCUT2D eigenvalue weighted by atomic mass is 10.4. The SMILES string of the molecule is C=CCOC(=O)/C=C/CN(CC=C)CC=C. The Hall–Kier alpha value is -1.61. The molecule has 0 saturated heterocycles. The maximum Gasteiger partial charge on any atom is 0.330 e. The number of hydrogen-bond acceptors (Lipinski definition) is 3. The van der Waals surface area contributed by atoms with Crippen LogP contribution in [0, 0.1) is 0 Å². The van der Waals surface area contributed by atoms with Gasteiger partial charge < -0.3 is 4.74 Å². The molecule has 88 valence electrons. The summed E-state index contributed by atoms with van der Waals surface area (Å²) in [6.07, 6.45) is 8.34. The highest BCUT2D eigenvalue weighted by Gasteiger charge is 1.98. The Morgan fingerprint density at radius 2 is 1.69 bits per heavy atom. The van der Waals surface area contributed by atoms with Crippen LogP contribution in [0.3, 0.4) is 0 Å². The van der Waals surface area contributed by atoms with Crippen molar-refractivity contribution in [2.24, 2.45) is 0 Å². The molecule has 16 heavy (non-hydrogen) atoms. The fourth-order valence-electron chi connectivity index (χ4n) is 1.08. The summed E-state index contributed by atoms with van der Waals surface area (Å²) in [4.78, 5) is 13.2. The number of nitrogens with zero attached hydrogens (tertiary/aromatic N) is 1. The molecule has 0 rings (SSSR count). The van der Waals surface area contributed by atoms with E-state index in [1.54, 1.807) is 6.08 Å². The van der Waals surface area contributed by atoms with Gasteiger partial charge in [-0.2, -0.15) is 0 Å². The molecular formula is C13H19NO2. The second-order valence-corrected chi connectivity index (χ2v) is 3.12. The molecule has 0 amide bonds. The average molecular weight is 221 g/mol. The van der Waals surface area contributed by atoms with Crippen molar-refractivity contribution in [1.82, 2.24) is 4.90 Å². The zero-order valence-corrected chi connectivity index (χ0v) is 9.60. The average Bonchev–Trinajstić information content (AvgIpc) is 2.27. The molecule has 0 heterocycles. The van der Waals surface area contributed by atoms with Gasteiger partial charge in [0.2, 0.25) is 0 Å². The van der Waals surface area contributed by atoms with Crippen LogP contribution in [0.1, 0.15) is 0 Å². The van der Waals surface area contributed by atoms with Gasteiger partial charge in [0.1, 0.15) is 6.61 Å². The maximum absolute atomic E-state index is 11.1. The van der Waals surface area contributed by atoms with Gasteiger partial charge in [-0.25, -0.2) is 4.79 Å². The van der Waals surface area contributed by atoms with Crippen molar-refractivity contribution in [2.45, 2.75) is 0 Å². The van der Waals surface area contributed by atoms with Crippen LogP contribution in [0.5, 0.6) is 0 Å². The van der Waals surface area contributed by atoms with Gasteiger partial charge in [-0.3, -0.25) is 4.90 Å². The molecule has 0 atom stereocenters. The van der Waals surface area contributed by atoms with Crippen LogP contribution < -0.4 is 0 Å². The zero-order valence-electron chi connectivity index (χ0n) is 9.60. The van der Waals surface area contributed by atoms with Crippen molar-refractivity contribution in [2.75, 3.05) is 26.2 Å². The summed E-state index contributed by atoms with van der Waals surface area (Å²) in [7, 11) is 0. The van der Waals surface area contributed by atoms with Gasteiger partial charge in [0.05, 0.1) is 0 Å². The summed E-state index contributed by atoms with van der Waals surface area (Å²) in [6.45, 7) is 13.2. The second-order valence-electron chi connectivity index (χ2n) is 3.12. The molecule has 0 aliphatic rings. The van der Waals surface area contributed by atoms with Crippen molar-refractivity contribution >= 4 is 5.97 Å². The summed E-state index contributed by atoms with van der Waals surface area (Å²) in [6, 6.07) is 0. The number of esters is 1. The van der Waals surface area contributed by atoms with Gasteiger partial charge in [0, 0.05) is 25.7 Å². The molecule has 0 unspecified atom stereocenters. The summed E-state index contributed by atoms with van der Waals surface area (Å²) < 4.78 is 4.79. The van der Waals surface area contributed by atoms with E-state index in [1.165, 1.54) is 12.2 Å². The van der Waals surface area contributed by atoms with E-state index in [9.17, 15) is 4.79 Å². The summed E-state index contributed by atoms with van der Waals surface area (Å²) in [5, 5.41) is 0. The highest BCUT2D eigenvalue weighted by Crippen LogP contribution is 1.91. The molecule has 0 bridgehead atoms. The first-order valence-electron chi connectivity index (χ1n) is 5.13. The third kappa shape index (κ3) is 7.76. The molecule has 0 aliphatic heterocycles. The van der Waals surface area contributed by atoms with Crippen LogP contribution in [-0.2, 0) is 9.53 Å². The fourth-order valence-corrected chi connectivity index (χ4v) is 1.08. The van der Waals surface area contributed by atoms with E-state index in [1.807, 2.05) is 12.2 Å². The van der Waals surface area contributed by atoms with E-state index in [-0.39, 0.29) is 12.6 Å². The predicted octanol–water partition coefficient (Wildman–Crippen LogP) is 1.95. The van der Waals surface area contributed by atoms with Crippen LogP contribution >= 0.6 is 0 Å². The van der Waals surface area contributed by atoms with Crippen LogP contribution in [0.2, 0.25) is 0 Å². The van der Waals surface area contributed by atoms with Crippen molar-refractivity contribution in [3.63, 3.8) is 0 Å². The van der Waals surface area contributed by atoms with Gasteiger partial charge in [-0.1, -0.05) is 30.9 Å². The van der Waals surface area contributed by atoms with E-state index in [0.29, 0.717) is 6.54 Å². The minimum absolute atomic E-state index is 0.242. The smallest absolute Gasteiger partial charge is 0.330 e.